The molecule has 21 heavy (non-hydrogen) atoms. The van der Waals surface area contributed by atoms with E-state index in [0.29, 0.717) is 11.3 Å². The molecule has 0 saturated heterocycles. The van der Waals surface area contributed by atoms with E-state index in [9.17, 15) is 18.5 Å². The number of anilines is 1. The molecule has 6 nitrogen and oxygen atoms in total. The Bertz CT molecular complexity index is 788. The third-order valence-corrected chi connectivity index (χ3v) is 5.05. The highest BCUT2D eigenvalue weighted by Crippen LogP contribution is 2.28. The zero-order valence-corrected chi connectivity index (χ0v) is 13.9. The molecule has 0 aromatic heterocycles. The van der Waals surface area contributed by atoms with Crippen LogP contribution in [0.25, 0.3) is 0 Å². The van der Waals surface area contributed by atoms with Gasteiger partial charge in [-0.2, -0.15) is 0 Å². The van der Waals surface area contributed by atoms with Crippen LogP contribution in [-0.4, -0.2) is 13.3 Å². The first kappa shape index (κ1) is 15.7. The number of aryl methyl sites for hydroxylation is 1. The first-order chi connectivity index (χ1) is 9.81. The molecule has 110 valence electrons. The van der Waals surface area contributed by atoms with Gasteiger partial charge >= 0.3 is 0 Å². The minimum atomic E-state index is -4.03. The van der Waals surface area contributed by atoms with Crippen molar-refractivity contribution in [2.45, 2.75) is 11.8 Å². The molecule has 0 spiro atoms. The molecule has 2 rings (SSSR count). The lowest BCUT2D eigenvalue weighted by Crippen LogP contribution is -2.16. The van der Waals surface area contributed by atoms with Crippen molar-refractivity contribution in [2.75, 3.05) is 4.72 Å². The Morgan fingerprint density at radius 1 is 1.14 bits per heavy atom. The van der Waals surface area contributed by atoms with Crippen molar-refractivity contribution in [1.29, 1.82) is 0 Å². The highest BCUT2D eigenvalue weighted by Gasteiger charge is 2.27. The predicted molar refractivity (Wildman–Crippen MR) is 87.8 cm³/mol. The van der Waals surface area contributed by atoms with Crippen molar-refractivity contribution >= 4 is 44.0 Å². The molecule has 0 fully saturated rings. The van der Waals surface area contributed by atoms with Gasteiger partial charge in [0.2, 0.25) is 0 Å². The van der Waals surface area contributed by atoms with Crippen LogP contribution in [0.15, 0.2) is 47.4 Å². The molecule has 0 aliphatic rings. The van der Waals surface area contributed by atoms with E-state index >= 15 is 0 Å². The lowest BCUT2D eigenvalue weighted by atomic mass is 10.2. The second-order valence-corrected chi connectivity index (χ2v) is 7.16. The minimum Gasteiger partial charge on any atom is -0.279 e. The van der Waals surface area contributed by atoms with Crippen molar-refractivity contribution in [2.24, 2.45) is 0 Å². The van der Waals surface area contributed by atoms with E-state index in [0.717, 1.165) is 3.57 Å². The molecule has 0 radical (unpaired) electrons. The van der Waals surface area contributed by atoms with Gasteiger partial charge < -0.3 is 0 Å². The Hall–Kier alpha value is -1.68. The van der Waals surface area contributed by atoms with Crippen LogP contribution in [0.4, 0.5) is 11.4 Å². The van der Waals surface area contributed by atoms with E-state index in [1.807, 2.05) is 0 Å². The number of hydrogen-bond donors (Lipinski definition) is 1. The maximum atomic E-state index is 12.4. The number of nitro benzene ring substituents is 1. The normalized spacial score (nSPS) is 11.1. The van der Waals surface area contributed by atoms with Crippen molar-refractivity contribution in [3.63, 3.8) is 0 Å². The molecule has 0 atom stereocenters. The Kier molecular flexibility index (Phi) is 4.47. The maximum Gasteiger partial charge on any atom is 0.290 e. The fraction of sp³-hybridized carbons (Fsp3) is 0.0769. The van der Waals surface area contributed by atoms with Crippen LogP contribution in [0.5, 0.6) is 0 Å². The summed E-state index contributed by atoms with van der Waals surface area (Å²) in [6.07, 6.45) is 0. The maximum absolute atomic E-state index is 12.4. The molecule has 0 aliphatic carbocycles. The molecule has 2 aromatic carbocycles. The van der Waals surface area contributed by atoms with Crippen LogP contribution >= 0.6 is 22.6 Å². The average molecular weight is 418 g/mol. The van der Waals surface area contributed by atoms with E-state index < -0.39 is 20.6 Å². The standard InChI is InChI=1S/C13H11IN2O4S/c1-9-3-2-4-12(16(17)18)13(9)21(19,20)15-11-7-5-10(14)6-8-11/h2-8,15H,1H3. The molecule has 0 heterocycles. The van der Waals surface area contributed by atoms with Crippen molar-refractivity contribution in [3.8, 4) is 0 Å². The molecule has 0 aliphatic heterocycles. The number of rotatable bonds is 4. The Morgan fingerprint density at radius 3 is 2.33 bits per heavy atom. The molecule has 1 N–H and O–H groups in total. The van der Waals surface area contributed by atoms with Gasteiger partial charge in [0.1, 0.15) is 0 Å². The first-order valence-electron chi connectivity index (χ1n) is 5.83. The van der Waals surface area contributed by atoms with Crippen LogP contribution in [0, 0.1) is 20.6 Å². The number of halogens is 1. The van der Waals surface area contributed by atoms with Crippen LogP contribution in [-0.2, 0) is 10.0 Å². The van der Waals surface area contributed by atoms with Gasteiger partial charge in [0.15, 0.2) is 4.90 Å². The molecule has 0 saturated carbocycles. The second-order valence-electron chi connectivity index (χ2n) is 4.29. The minimum absolute atomic E-state index is 0.312. The Labute approximate surface area is 135 Å². The second kappa shape index (κ2) is 5.98. The molecule has 0 amide bonds. The van der Waals surface area contributed by atoms with Gasteiger partial charge in [-0.05, 0) is 59.3 Å². The number of nitrogens with one attached hydrogen (secondary N) is 1. The van der Waals surface area contributed by atoms with Gasteiger partial charge in [-0.3, -0.25) is 14.8 Å². The van der Waals surface area contributed by atoms with E-state index in [4.69, 9.17) is 0 Å². The highest BCUT2D eigenvalue weighted by atomic mass is 127. The summed E-state index contributed by atoms with van der Waals surface area (Å²) in [7, 11) is -4.03. The molecular formula is C13H11IN2O4S. The first-order valence-corrected chi connectivity index (χ1v) is 8.40. The van der Waals surface area contributed by atoms with Gasteiger partial charge in [-0.25, -0.2) is 8.42 Å². The summed E-state index contributed by atoms with van der Waals surface area (Å²) in [5.74, 6) is 0. The summed E-state index contributed by atoms with van der Waals surface area (Å²) >= 11 is 2.10. The largest absolute Gasteiger partial charge is 0.290 e. The predicted octanol–water partition coefficient (Wildman–Crippen LogP) is 3.31. The van der Waals surface area contributed by atoms with Crippen LogP contribution in [0.2, 0.25) is 0 Å². The van der Waals surface area contributed by atoms with Gasteiger partial charge in [0.05, 0.1) is 4.92 Å². The van der Waals surface area contributed by atoms with E-state index in [-0.39, 0.29) is 4.90 Å². The summed E-state index contributed by atoms with van der Waals surface area (Å²) in [5, 5.41) is 11.0. The van der Waals surface area contributed by atoms with Gasteiger partial charge in [0, 0.05) is 15.3 Å². The van der Waals surface area contributed by atoms with E-state index in [2.05, 4.69) is 27.3 Å². The summed E-state index contributed by atoms with van der Waals surface area (Å²) in [4.78, 5) is 10.0. The smallest absolute Gasteiger partial charge is 0.279 e. The van der Waals surface area contributed by atoms with Crippen molar-refractivity contribution in [1.82, 2.24) is 0 Å². The number of sulfonamides is 1. The fourth-order valence-electron chi connectivity index (χ4n) is 1.85. The number of hydrogen-bond acceptors (Lipinski definition) is 4. The molecular weight excluding hydrogens is 407 g/mol. The third-order valence-electron chi connectivity index (χ3n) is 2.75. The van der Waals surface area contributed by atoms with Crippen molar-refractivity contribution in [3.05, 3.63) is 61.7 Å². The molecule has 0 unspecified atom stereocenters. The fourth-order valence-corrected chi connectivity index (χ4v) is 3.67. The summed E-state index contributed by atoms with van der Waals surface area (Å²) in [5.41, 5.74) is 0.239. The van der Waals surface area contributed by atoms with E-state index in [1.165, 1.54) is 25.1 Å². The molecule has 2 aromatic rings. The average Bonchev–Trinajstić information content (AvgIpc) is 2.40. The van der Waals surface area contributed by atoms with E-state index in [1.54, 1.807) is 24.3 Å². The highest BCUT2D eigenvalue weighted by molar-refractivity contribution is 14.1. The lowest BCUT2D eigenvalue weighted by molar-refractivity contribution is -0.387. The number of benzene rings is 2. The van der Waals surface area contributed by atoms with Gasteiger partial charge in [-0.1, -0.05) is 12.1 Å². The Balaban J connectivity index is 2.49. The van der Waals surface area contributed by atoms with Crippen LogP contribution < -0.4 is 4.72 Å². The topological polar surface area (TPSA) is 89.3 Å². The van der Waals surface area contributed by atoms with Gasteiger partial charge in [-0.15, -0.1) is 0 Å². The summed E-state index contributed by atoms with van der Waals surface area (Å²) < 4.78 is 28.1. The van der Waals surface area contributed by atoms with Gasteiger partial charge in [0.25, 0.3) is 15.7 Å². The van der Waals surface area contributed by atoms with Crippen LogP contribution in [0.3, 0.4) is 0 Å². The zero-order valence-electron chi connectivity index (χ0n) is 10.9. The number of nitro groups is 1. The zero-order chi connectivity index (χ0) is 15.6. The number of nitrogens with zero attached hydrogens (tertiary/aromatic N) is 1. The van der Waals surface area contributed by atoms with Crippen molar-refractivity contribution < 1.29 is 13.3 Å². The Morgan fingerprint density at radius 2 is 1.76 bits per heavy atom. The van der Waals surface area contributed by atoms with Crippen LogP contribution in [0.1, 0.15) is 5.56 Å². The summed E-state index contributed by atoms with van der Waals surface area (Å²) in [6.45, 7) is 1.52. The third kappa shape index (κ3) is 3.50. The molecule has 8 heteroatoms. The monoisotopic (exact) mass is 418 g/mol. The quantitative estimate of drug-likeness (QED) is 0.469. The lowest BCUT2D eigenvalue weighted by Gasteiger charge is -2.10. The SMILES string of the molecule is Cc1cccc([N+](=O)[O-])c1S(=O)(=O)Nc1ccc(I)cc1. The molecule has 0 bridgehead atoms. The summed E-state index contributed by atoms with van der Waals surface area (Å²) in [6, 6.07) is 10.8.